The van der Waals surface area contributed by atoms with Crippen molar-refractivity contribution >= 4 is 39.7 Å². The fraction of sp³-hybridized carbons (Fsp3) is 0.0769. The number of hydrogen-bond acceptors (Lipinski definition) is 2. The zero-order valence-corrected chi connectivity index (χ0v) is 11.2. The number of anilines is 3. The van der Waals surface area contributed by atoms with Gasteiger partial charge in [-0.05, 0) is 65.4 Å². The van der Waals surface area contributed by atoms with Crippen molar-refractivity contribution in [3.8, 4) is 0 Å². The van der Waals surface area contributed by atoms with Crippen molar-refractivity contribution in [3.63, 3.8) is 0 Å². The van der Waals surface area contributed by atoms with Gasteiger partial charge in [-0.15, -0.1) is 0 Å². The Kier molecular flexibility index (Phi) is 3.33. The summed E-state index contributed by atoms with van der Waals surface area (Å²) >= 11 is 2.32. The Balaban J connectivity index is 2.28. The molecule has 0 bridgehead atoms. The summed E-state index contributed by atoms with van der Waals surface area (Å²) in [7, 11) is 0. The average molecular weight is 324 g/mol. The largest absolute Gasteiger partial charge is 0.399 e. The van der Waals surface area contributed by atoms with Gasteiger partial charge in [0.05, 0.1) is 5.69 Å². The summed E-state index contributed by atoms with van der Waals surface area (Å²) < 4.78 is 1.20. The van der Waals surface area contributed by atoms with Gasteiger partial charge in [-0.3, -0.25) is 0 Å². The number of rotatable bonds is 2. The van der Waals surface area contributed by atoms with Gasteiger partial charge in [0, 0.05) is 14.9 Å². The highest BCUT2D eigenvalue weighted by Crippen LogP contribution is 2.24. The molecule has 16 heavy (non-hydrogen) atoms. The molecule has 0 aliphatic carbocycles. The molecule has 0 atom stereocenters. The second kappa shape index (κ2) is 4.74. The van der Waals surface area contributed by atoms with Crippen molar-refractivity contribution in [1.82, 2.24) is 0 Å². The first-order chi connectivity index (χ1) is 7.66. The van der Waals surface area contributed by atoms with E-state index in [-0.39, 0.29) is 0 Å². The molecule has 82 valence electrons. The summed E-state index contributed by atoms with van der Waals surface area (Å²) in [6.07, 6.45) is 0. The number of aryl methyl sites for hydroxylation is 1. The molecule has 3 N–H and O–H groups in total. The van der Waals surface area contributed by atoms with Gasteiger partial charge in [0.1, 0.15) is 0 Å². The maximum Gasteiger partial charge on any atom is 0.0519 e. The Bertz CT molecular complexity index is 509. The second-order valence-corrected chi connectivity index (χ2v) is 4.84. The van der Waals surface area contributed by atoms with Crippen LogP contribution in [0.15, 0.2) is 42.5 Å². The molecule has 0 radical (unpaired) electrons. The first-order valence-corrected chi connectivity index (χ1v) is 6.12. The highest BCUT2D eigenvalue weighted by molar-refractivity contribution is 14.1. The van der Waals surface area contributed by atoms with Crippen LogP contribution in [0.1, 0.15) is 5.56 Å². The summed E-state index contributed by atoms with van der Waals surface area (Å²) in [5.74, 6) is 0. The molecule has 2 aromatic carbocycles. The molecule has 0 heterocycles. The van der Waals surface area contributed by atoms with E-state index in [1.165, 1.54) is 3.57 Å². The third kappa shape index (κ3) is 2.47. The molecular weight excluding hydrogens is 311 g/mol. The molecule has 0 unspecified atom stereocenters. The second-order valence-electron chi connectivity index (χ2n) is 3.68. The molecule has 0 aliphatic heterocycles. The van der Waals surface area contributed by atoms with E-state index < -0.39 is 0 Å². The van der Waals surface area contributed by atoms with Crippen LogP contribution in [0.2, 0.25) is 0 Å². The van der Waals surface area contributed by atoms with Gasteiger partial charge < -0.3 is 11.1 Å². The standard InChI is InChI=1S/C13H13IN2/c1-9-8-10(6-7-12(9)15)16-13-5-3-2-4-11(13)14/h2-8,16H,15H2,1H3. The topological polar surface area (TPSA) is 38.0 Å². The summed E-state index contributed by atoms with van der Waals surface area (Å²) in [4.78, 5) is 0. The lowest BCUT2D eigenvalue weighted by molar-refractivity contribution is 1.44. The maximum absolute atomic E-state index is 5.78. The number of benzene rings is 2. The number of nitrogens with one attached hydrogen (secondary N) is 1. The normalized spacial score (nSPS) is 10.1. The summed E-state index contributed by atoms with van der Waals surface area (Å²) in [5.41, 5.74) is 9.89. The third-order valence-electron chi connectivity index (χ3n) is 2.42. The highest BCUT2D eigenvalue weighted by atomic mass is 127. The van der Waals surface area contributed by atoms with Crippen LogP contribution in [0.5, 0.6) is 0 Å². The minimum absolute atomic E-state index is 0.827. The third-order valence-corrected chi connectivity index (χ3v) is 3.36. The highest BCUT2D eigenvalue weighted by Gasteiger charge is 2.00. The molecule has 0 aliphatic rings. The number of nitrogens with two attached hydrogens (primary N) is 1. The van der Waals surface area contributed by atoms with E-state index in [0.717, 1.165) is 22.6 Å². The fourth-order valence-electron chi connectivity index (χ4n) is 1.47. The fourth-order valence-corrected chi connectivity index (χ4v) is 1.99. The Morgan fingerprint density at radius 3 is 2.56 bits per heavy atom. The Hall–Kier alpha value is -1.23. The predicted molar refractivity (Wildman–Crippen MR) is 78.0 cm³/mol. The van der Waals surface area contributed by atoms with E-state index in [2.05, 4.69) is 46.1 Å². The minimum atomic E-state index is 0.827. The molecule has 0 saturated heterocycles. The maximum atomic E-state index is 5.78. The van der Waals surface area contributed by atoms with E-state index in [9.17, 15) is 0 Å². The molecule has 3 heteroatoms. The molecule has 0 spiro atoms. The van der Waals surface area contributed by atoms with Crippen LogP contribution in [0.3, 0.4) is 0 Å². The van der Waals surface area contributed by atoms with Crippen molar-refractivity contribution in [2.75, 3.05) is 11.1 Å². The van der Waals surface area contributed by atoms with Gasteiger partial charge in [0.25, 0.3) is 0 Å². The Morgan fingerprint density at radius 2 is 1.88 bits per heavy atom. The van der Waals surface area contributed by atoms with Crippen LogP contribution in [0.25, 0.3) is 0 Å². The smallest absolute Gasteiger partial charge is 0.0519 e. The predicted octanol–water partition coefficient (Wildman–Crippen LogP) is 3.93. The summed E-state index contributed by atoms with van der Waals surface area (Å²) in [6.45, 7) is 2.01. The molecule has 2 rings (SSSR count). The van der Waals surface area contributed by atoms with Crippen molar-refractivity contribution in [3.05, 3.63) is 51.6 Å². The van der Waals surface area contributed by atoms with Crippen LogP contribution < -0.4 is 11.1 Å². The Morgan fingerprint density at radius 1 is 1.12 bits per heavy atom. The van der Waals surface area contributed by atoms with Crippen LogP contribution in [0, 0.1) is 10.5 Å². The zero-order valence-electron chi connectivity index (χ0n) is 9.00. The minimum Gasteiger partial charge on any atom is -0.399 e. The summed E-state index contributed by atoms with van der Waals surface area (Å²) in [5, 5.41) is 3.38. The number of para-hydroxylation sites is 1. The Labute approximate surface area is 109 Å². The molecule has 0 aromatic heterocycles. The van der Waals surface area contributed by atoms with Gasteiger partial charge in [-0.2, -0.15) is 0 Å². The SMILES string of the molecule is Cc1cc(Nc2ccccc2I)ccc1N. The van der Waals surface area contributed by atoms with Crippen molar-refractivity contribution in [2.24, 2.45) is 0 Å². The number of halogens is 1. The van der Waals surface area contributed by atoms with Crippen LogP contribution >= 0.6 is 22.6 Å². The van der Waals surface area contributed by atoms with Crippen LogP contribution in [-0.2, 0) is 0 Å². The van der Waals surface area contributed by atoms with Crippen molar-refractivity contribution in [1.29, 1.82) is 0 Å². The molecule has 0 fully saturated rings. The lowest BCUT2D eigenvalue weighted by atomic mass is 10.2. The lowest BCUT2D eigenvalue weighted by Crippen LogP contribution is -1.95. The first-order valence-electron chi connectivity index (χ1n) is 5.04. The number of hydrogen-bond donors (Lipinski definition) is 2. The van der Waals surface area contributed by atoms with E-state index in [1.54, 1.807) is 0 Å². The monoisotopic (exact) mass is 324 g/mol. The van der Waals surface area contributed by atoms with Gasteiger partial charge in [0.2, 0.25) is 0 Å². The molecule has 2 aromatic rings. The van der Waals surface area contributed by atoms with Gasteiger partial charge in [-0.25, -0.2) is 0 Å². The van der Waals surface area contributed by atoms with Gasteiger partial charge in [0.15, 0.2) is 0 Å². The van der Waals surface area contributed by atoms with Crippen LogP contribution in [-0.4, -0.2) is 0 Å². The molecule has 2 nitrogen and oxygen atoms in total. The van der Waals surface area contributed by atoms with E-state index in [0.29, 0.717) is 0 Å². The van der Waals surface area contributed by atoms with E-state index in [4.69, 9.17) is 5.73 Å². The van der Waals surface area contributed by atoms with Crippen molar-refractivity contribution in [2.45, 2.75) is 6.92 Å². The number of nitrogen functional groups attached to an aromatic ring is 1. The van der Waals surface area contributed by atoms with E-state index >= 15 is 0 Å². The lowest BCUT2D eigenvalue weighted by Gasteiger charge is -2.10. The molecule has 0 amide bonds. The average Bonchev–Trinajstić information content (AvgIpc) is 2.27. The molecule has 0 saturated carbocycles. The van der Waals surface area contributed by atoms with Gasteiger partial charge >= 0.3 is 0 Å². The van der Waals surface area contributed by atoms with E-state index in [1.807, 2.05) is 31.2 Å². The summed E-state index contributed by atoms with van der Waals surface area (Å²) in [6, 6.07) is 14.2. The quantitative estimate of drug-likeness (QED) is 0.649. The van der Waals surface area contributed by atoms with Crippen LogP contribution in [0.4, 0.5) is 17.1 Å². The van der Waals surface area contributed by atoms with Gasteiger partial charge in [-0.1, -0.05) is 12.1 Å². The van der Waals surface area contributed by atoms with Crippen molar-refractivity contribution < 1.29 is 0 Å². The zero-order chi connectivity index (χ0) is 11.5. The first kappa shape index (κ1) is 11.3. The molecular formula is C13H13IN2.